The van der Waals surface area contributed by atoms with Gasteiger partial charge >= 0.3 is 0 Å². The number of hydrogen-bond donors (Lipinski definition) is 2. The summed E-state index contributed by atoms with van der Waals surface area (Å²) in [7, 11) is 4.13. The second-order valence-electron chi connectivity index (χ2n) is 5.89. The lowest BCUT2D eigenvalue weighted by Crippen LogP contribution is -2.28. The molecule has 2 rings (SSSR count). The highest BCUT2D eigenvalue weighted by molar-refractivity contribution is 5.91. The number of carbonyl (C=O) groups is 1. The van der Waals surface area contributed by atoms with E-state index in [0.717, 1.165) is 38.0 Å². The fraction of sp³-hybridized carbons (Fsp3) is 0.625. The van der Waals surface area contributed by atoms with Crippen LogP contribution >= 0.6 is 0 Å². The Balaban J connectivity index is 1.75. The van der Waals surface area contributed by atoms with Crippen LogP contribution in [-0.2, 0) is 9.53 Å². The first-order chi connectivity index (χ1) is 10.6. The van der Waals surface area contributed by atoms with Crippen molar-refractivity contribution >= 4 is 17.4 Å². The minimum atomic E-state index is 0.0411. The van der Waals surface area contributed by atoms with Gasteiger partial charge in [-0.15, -0.1) is 0 Å². The van der Waals surface area contributed by atoms with Gasteiger partial charge in [0.05, 0.1) is 11.9 Å². The average Bonchev–Trinajstić information content (AvgIpc) is 2.54. The number of ether oxygens (including phenoxy) is 1. The Morgan fingerprint density at radius 3 is 2.77 bits per heavy atom. The largest absolute Gasteiger partial charge is 0.384 e. The molecule has 6 heteroatoms. The number of carbonyl (C=O) groups excluding carboxylic acids is 1. The highest BCUT2D eigenvalue weighted by atomic mass is 16.5. The molecule has 0 bridgehead atoms. The van der Waals surface area contributed by atoms with E-state index in [2.05, 4.69) is 34.6 Å². The quantitative estimate of drug-likeness (QED) is 0.752. The van der Waals surface area contributed by atoms with Crippen molar-refractivity contribution in [2.24, 2.45) is 5.92 Å². The number of nitrogens with zero attached hydrogens (tertiary/aromatic N) is 2. The van der Waals surface area contributed by atoms with Crippen molar-refractivity contribution in [1.29, 1.82) is 0 Å². The van der Waals surface area contributed by atoms with E-state index in [1.54, 1.807) is 6.20 Å². The average molecular weight is 306 g/mol. The maximum atomic E-state index is 12.1. The molecule has 122 valence electrons. The number of aromatic nitrogens is 1. The van der Waals surface area contributed by atoms with Gasteiger partial charge < -0.3 is 20.3 Å². The highest BCUT2D eigenvalue weighted by Gasteiger charge is 2.21. The summed E-state index contributed by atoms with van der Waals surface area (Å²) < 4.78 is 5.27. The fourth-order valence-corrected chi connectivity index (χ4v) is 2.39. The third kappa shape index (κ3) is 5.61. The van der Waals surface area contributed by atoms with Crippen LogP contribution in [0.3, 0.4) is 0 Å². The van der Waals surface area contributed by atoms with Crippen LogP contribution in [-0.4, -0.2) is 56.2 Å². The second kappa shape index (κ2) is 8.70. The zero-order chi connectivity index (χ0) is 15.8. The number of anilines is 2. The zero-order valence-electron chi connectivity index (χ0n) is 13.5. The van der Waals surface area contributed by atoms with E-state index in [4.69, 9.17) is 4.74 Å². The summed E-state index contributed by atoms with van der Waals surface area (Å²) in [4.78, 5) is 18.6. The maximum absolute atomic E-state index is 12.1. The molecule has 0 radical (unpaired) electrons. The smallest absolute Gasteiger partial charge is 0.228 e. The first-order valence-electron chi connectivity index (χ1n) is 7.88. The van der Waals surface area contributed by atoms with Crippen molar-refractivity contribution in [3.63, 3.8) is 0 Å². The number of nitrogens with one attached hydrogen (secondary N) is 2. The van der Waals surface area contributed by atoms with E-state index in [1.165, 1.54) is 0 Å². The van der Waals surface area contributed by atoms with Crippen molar-refractivity contribution in [1.82, 2.24) is 9.88 Å². The normalized spacial score (nSPS) is 15.8. The van der Waals surface area contributed by atoms with Crippen LogP contribution in [0.2, 0.25) is 0 Å². The lowest BCUT2D eigenvalue weighted by atomic mass is 9.99. The zero-order valence-corrected chi connectivity index (χ0v) is 13.5. The van der Waals surface area contributed by atoms with Gasteiger partial charge in [-0.25, -0.2) is 4.98 Å². The van der Waals surface area contributed by atoms with Crippen LogP contribution in [0.25, 0.3) is 0 Å². The van der Waals surface area contributed by atoms with Crippen molar-refractivity contribution < 1.29 is 9.53 Å². The number of pyridine rings is 1. The topological polar surface area (TPSA) is 66.5 Å². The molecule has 6 nitrogen and oxygen atoms in total. The van der Waals surface area contributed by atoms with Gasteiger partial charge in [-0.1, -0.05) is 0 Å². The molecule has 1 aliphatic rings. The molecule has 1 fully saturated rings. The van der Waals surface area contributed by atoms with Gasteiger partial charge in [-0.2, -0.15) is 0 Å². The van der Waals surface area contributed by atoms with Crippen LogP contribution in [0, 0.1) is 5.92 Å². The second-order valence-corrected chi connectivity index (χ2v) is 5.89. The maximum Gasteiger partial charge on any atom is 0.228 e. The van der Waals surface area contributed by atoms with Crippen molar-refractivity contribution in [2.75, 3.05) is 51.0 Å². The Labute approximate surface area is 132 Å². The molecule has 0 aliphatic carbocycles. The van der Waals surface area contributed by atoms with Crippen LogP contribution < -0.4 is 10.6 Å². The van der Waals surface area contributed by atoms with Gasteiger partial charge in [0, 0.05) is 25.7 Å². The van der Waals surface area contributed by atoms with E-state index >= 15 is 0 Å². The fourth-order valence-electron chi connectivity index (χ4n) is 2.39. The molecule has 1 amide bonds. The van der Waals surface area contributed by atoms with Crippen molar-refractivity contribution in [2.45, 2.75) is 19.3 Å². The van der Waals surface area contributed by atoms with E-state index in [9.17, 15) is 4.79 Å². The molecule has 22 heavy (non-hydrogen) atoms. The summed E-state index contributed by atoms with van der Waals surface area (Å²) in [6.45, 7) is 3.30. The predicted molar refractivity (Wildman–Crippen MR) is 88.1 cm³/mol. The minimum absolute atomic E-state index is 0.0411. The third-order valence-corrected chi connectivity index (χ3v) is 3.72. The van der Waals surface area contributed by atoms with E-state index in [-0.39, 0.29) is 11.8 Å². The minimum Gasteiger partial charge on any atom is -0.384 e. The van der Waals surface area contributed by atoms with Crippen LogP contribution in [0.1, 0.15) is 19.3 Å². The molecule has 0 saturated carbocycles. The number of hydrogen-bond acceptors (Lipinski definition) is 5. The number of amides is 1. The molecular weight excluding hydrogens is 280 g/mol. The van der Waals surface area contributed by atoms with Crippen LogP contribution in [0.5, 0.6) is 0 Å². The van der Waals surface area contributed by atoms with Crippen molar-refractivity contribution in [3.8, 4) is 0 Å². The molecule has 0 unspecified atom stereocenters. The molecular formula is C16H26N4O2. The Bertz CT molecular complexity index is 456. The first kappa shape index (κ1) is 16.7. The summed E-state index contributed by atoms with van der Waals surface area (Å²) in [6.07, 6.45) is 4.42. The van der Waals surface area contributed by atoms with Crippen LogP contribution in [0.15, 0.2) is 18.3 Å². The highest BCUT2D eigenvalue weighted by Crippen LogP contribution is 2.17. The Morgan fingerprint density at radius 1 is 1.36 bits per heavy atom. The molecule has 1 aromatic heterocycles. The van der Waals surface area contributed by atoms with Gasteiger partial charge in [0.25, 0.3) is 0 Å². The van der Waals surface area contributed by atoms with Gasteiger partial charge in [-0.05, 0) is 52.0 Å². The monoisotopic (exact) mass is 306 g/mol. The molecule has 1 saturated heterocycles. The standard InChI is InChI=1S/C16H26N4O2/c1-20(2)9-3-8-17-14-4-5-15(18-12-14)19-16(21)13-6-10-22-11-7-13/h4-5,12-13,17H,3,6-11H2,1-2H3,(H,18,19,21). The first-order valence-corrected chi connectivity index (χ1v) is 7.88. The molecule has 2 heterocycles. The summed E-state index contributed by atoms with van der Waals surface area (Å²) >= 11 is 0. The molecule has 0 aromatic carbocycles. The van der Waals surface area contributed by atoms with Gasteiger partial charge in [0.15, 0.2) is 0 Å². The molecule has 0 spiro atoms. The lowest BCUT2D eigenvalue weighted by Gasteiger charge is -2.20. The Hall–Kier alpha value is -1.66. The predicted octanol–water partition coefficient (Wildman–Crippen LogP) is 1.81. The summed E-state index contributed by atoms with van der Waals surface area (Å²) in [5.41, 5.74) is 0.975. The van der Waals surface area contributed by atoms with Gasteiger partial charge in [0.2, 0.25) is 5.91 Å². The SMILES string of the molecule is CN(C)CCCNc1ccc(NC(=O)C2CCOCC2)nc1. The van der Waals surface area contributed by atoms with Crippen molar-refractivity contribution in [3.05, 3.63) is 18.3 Å². The van der Waals surface area contributed by atoms with E-state index < -0.39 is 0 Å². The van der Waals surface area contributed by atoms with Gasteiger partial charge in [0.1, 0.15) is 5.82 Å². The molecule has 1 aliphatic heterocycles. The summed E-state index contributed by atoms with van der Waals surface area (Å²) in [5.74, 6) is 0.692. The molecule has 2 N–H and O–H groups in total. The number of rotatable bonds is 7. The summed E-state index contributed by atoms with van der Waals surface area (Å²) in [6, 6.07) is 3.79. The molecule has 0 atom stereocenters. The molecule has 1 aromatic rings. The lowest BCUT2D eigenvalue weighted by molar-refractivity contribution is -0.122. The van der Waals surface area contributed by atoms with E-state index in [0.29, 0.717) is 19.0 Å². The summed E-state index contributed by atoms with van der Waals surface area (Å²) in [5, 5.41) is 6.21. The van der Waals surface area contributed by atoms with Gasteiger partial charge in [-0.3, -0.25) is 4.79 Å². The van der Waals surface area contributed by atoms with E-state index in [1.807, 2.05) is 12.1 Å². The Kier molecular flexibility index (Phi) is 6.61. The third-order valence-electron chi connectivity index (χ3n) is 3.72. The van der Waals surface area contributed by atoms with Crippen LogP contribution in [0.4, 0.5) is 11.5 Å². The Morgan fingerprint density at radius 2 is 2.14 bits per heavy atom.